The van der Waals surface area contributed by atoms with Crippen LogP contribution in [0.2, 0.25) is 0 Å². The van der Waals surface area contributed by atoms with Gasteiger partial charge in [0.25, 0.3) is 0 Å². The second-order valence-corrected chi connectivity index (χ2v) is 12.3. The average Bonchev–Trinajstić information content (AvgIpc) is 2.90. The van der Waals surface area contributed by atoms with Crippen molar-refractivity contribution in [2.75, 3.05) is 12.3 Å². The number of unbranched alkanes of at least 4 members (excludes halogenated alkanes) is 3. The average molecular weight is 469 g/mol. The summed E-state index contributed by atoms with van der Waals surface area (Å²) in [4.78, 5) is 0. The van der Waals surface area contributed by atoms with Crippen LogP contribution in [0.25, 0.3) is 0 Å². The molecule has 4 aromatic carbocycles. The molecule has 0 saturated carbocycles. The summed E-state index contributed by atoms with van der Waals surface area (Å²) >= 11 is 0. The minimum Gasteiger partial charge on any atom is -0.110 e. The summed E-state index contributed by atoms with van der Waals surface area (Å²) in [5.41, 5.74) is 3.45. The van der Waals surface area contributed by atoms with Crippen molar-refractivity contribution >= 4 is 27.1 Å². The molecule has 4 rings (SSSR count). The Kier molecular flexibility index (Phi) is 9.73. The van der Waals surface area contributed by atoms with E-state index in [0.29, 0.717) is 5.66 Å². The van der Waals surface area contributed by atoms with E-state index in [2.05, 4.69) is 121 Å². The Bertz CT molecular complexity index is 867. The molecule has 0 spiro atoms. The zero-order chi connectivity index (χ0) is 22.6. The third kappa shape index (κ3) is 7.37. The lowest BCUT2D eigenvalue weighted by Gasteiger charge is -2.19. The van der Waals surface area contributed by atoms with E-state index in [1.807, 2.05) is 0 Å². The van der Waals surface area contributed by atoms with Gasteiger partial charge in [-0.15, -0.1) is 8.58 Å². The van der Waals surface area contributed by atoms with Gasteiger partial charge in [-0.25, -0.2) is 0 Å². The first-order valence-corrected chi connectivity index (χ1v) is 14.9. The molecule has 0 aliphatic heterocycles. The summed E-state index contributed by atoms with van der Waals surface area (Å²) in [6.07, 6.45) is 7.95. The Morgan fingerprint density at radius 3 is 1.39 bits per heavy atom. The van der Waals surface area contributed by atoms with Gasteiger partial charge < -0.3 is 0 Å². The standard InChI is InChI=1S/C31H34P2/c1(2-16-26-33(29-21-11-5-12-22-29)30-23-13-6-14-24-30)15-25-32-31(27-17-7-3-8-18-27)28-19-9-4-10-20-28/h3-14,17-24,31-32H,1-2,15-16,25-26H2. The first-order chi connectivity index (χ1) is 16.4. The molecule has 0 aliphatic carbocycles. The zero-order valence-corrected chi connectivity index (χ0v) is 21.2. The summed E-state index contributed by atoms with van der Waals surface area (Å²) in [5.74, 6) is 0. The lowest BCUT2D eigenvalue weighted by atomic mass is 10.0. The molecule has 168 valence electrons. The van der Waals surface area contributed by atoms with Crippen LogP contribution >= 0.6 is 16.5 Å². The van der Waals surface area contributed by atoms with E-state index < -0.39 is 0 Å². The molecule has 0 heterocycles. The zero-order valence-electron chi connectivity index (χ0n) is 19.3. The van der Waals surface area contributed by atoms with Crippen LogP contribution in [0.4, 0.5) is 0 Å². The van der Waals surface area contributed by atoms with Crippen LogP contribution in [-0.4, -0.2) is 12.3 Å². The highest BCUT2D eigenvalue weighted by molar-refractivity contribution is 7.73. The highest BCUT2D eigenvalue weighted by Crippen LogP contribution is 2.41. The molecule has 0 nitrogen and oxygen atoms in total. The molecule has 0 N–H and O–H groups in total. The topological polar surface area (TPSA) is 0 Å². The van der Waals surface area contributed by atoms with E-state index in [4.69, 9.17) is 0 Å². The van der Waals surface area contributed by atoms with Gasteiger partial charge >= 0.3 is 0 Å². The van der Waals surface area contributed by atoms with E-state index >= 15 is 0 Å². The smallest absolute Gasteiger partial charge is 0.0262 e. The summed E-state index contributed by atoms with van der Waals surface area (Å²) in [6, 6.07) is 44.3. The number of rotatable bonds is 12. The number of hydrogen-bond donors (Lipinski definition) is 0. The minimum absolute atomic E-state index is 0.245. The van der Waals surface area contributed by atoms with Crippen molar-refractivity contribution in [2.45, 2.75) is 31.3 Å². The molecule has 4 aromatic rings. The second-order valence-electron chi connectivity index (χ2n) is 8.45. The van der Waals surface area contributed by atoms with E-state index in [1.165, 1.54) is 59.7 Å². The first-order valence-electron chi connectivity index (χ1n) is 12.1. The van der Waals surface area contributed by atoms with Crippen molar-refractivity contribution in [1.29, 1.82) is 0 Å². The van der Waals surface area contributed by atoms with Crippen LogP contribution in [0.3, 0.4) is 0 Å². The SMILES string of the molecule is c1ccc(C(PCCCCCCP(c2ccccc2)c2ccccc2)c2ccccc2)cc1. The lowest BCUT2D eigenvalue weighted by molar-refractivity contribution is 0.708. The van der Waals surface area contributed by atoms with Gasteiger partial charge in [0.15, 0.2) is 0 Å². The van der Waals surface area contributed by atoms with Gasteiger partial charge in [-0.2, -0.15) is 0 Å². The molecule has 0 aromatic heterocycles. The molecular formula is C31H34P2. The largest absolute Gasteiger partial charge is 0.110 e. The van der Waals surface area contributed by atoms with Gasteiger partial charge in [0.1, 0.15) is 0 Å². The van der Waals surface area contributed by atoms with Crippen molar-refractivity contribution in [3.8, 4) is 0 Å². The Morgan fingerprint density at radius 1 is 0.485 bits per heavy atom. The molecule has 0 amide bonds. The van der Waals surface area contributed by atoms with Crippen LogP contribution in [0.1, 0.15) is 42.5 Å². The highest BCUT2D eigenvalue weighted by Gasteiger charge is 2.14. The van der Waals surface area contributed by atoms with Crippen molar-refractivity contribution in [1.82, 2.24) is 0 Å². The van der Waals surface area contributed by atoms with Gasteiger partial charge in [-0.1, -0.05) is 134 Å². The Morgan fingerprint density at radius 2 is 0.909 bits per heavy atom. The van der Waals surface area contributed by atoms with Gasteiger partial charge in [0, 0.05) is 5.66 Å². The van der Waals surface area contributed by atoms with Gasteiger partial charge in [0.2, 0.25) is 0 Å². The molecule has 0 radical (unpaired) electrons. The number of hydrogen-bond acceptors (Lipinski definition) is 0. The lowest BCUT2D eigenvalue weighted by Crippen LogP contribution is -2.13. The third-order valence-electron chi connectivity index (χ3n) is 6.06. The first kappa shape index (κ1) is 23.9. The monoisotopic (exact) mass is 468 g/mol. The van der Waals surface area contributed by atoms with Crippen LogP contribution in [0, 0.1) is 0 Å². The Labute approximate surface area is 203 Å². The number of benzene rings is 4. The maximum atomic E-state index is 2.31. The third-order valence-corrected chi connectivity index (χ3v) is 10.4. The van der Waals surface area contributed by atoms with Gasteiger partial charge in [0.05, 0.1) is 0 Å². The Hall–Kier alpha value is -2.26. The quantitative estimate of drug-likeness (QED) is 0.145. The van der Waals surface area contributed by atoms with Crippen molar-refractivity contribution in [3.05, 3.63) is 132 Å². The predicted molar refractivity (Wildman–Crippen MR) is 150 cm³/mol. The van der Waals surface area contributed by atoms with Crippen molar-refractivity contribution in [2.24, 2.45) is 0 Å². The fraction of sp³-hybridized carbons (Fsp3) is 0.226. The van der Waals surface area contributed by atoms with E-state index in [1.54, 1.807) is 0 Å². The molecule has 33 heavy (non-hydrogen) atoms. The van der Waals surface area contributed by atoms with Gasteiger partial charge in [-0.3, -0.25) is 0 Å². The van der Waals surface area contributed by atoms with E-state index in [0.717, 1.165) is 8.58 Å². The van der Waals surface area contributed by atoms with Crippen LogP contribution in [0.5, 0.6) is 0 Å². The summed E-state index contributed by atoms with van der Waals surface area (Å²) in [7, 11) is 0.700. The van der Waals surface area contributed by atoms with Crippen molar-refractivity contribution < 1.29 is 0 Å². The van der Waals surface area contributed by atoms with E-state index in [9.17, 15) is 0 Å². The maximum absolute atomic E-state index is 2.31. The van der Waals surface area contributed by atoms with Crippen LogP contribution in [-0.2, 0) is 0 Å². The molecule has 0 bridgehead atoms. The Balaban J connectivity index is 1.25. The van der Waals surface area contributed by atoms with Crippen LogP contribution < -0.4 is 10.6 Å². The molecule has 1 unspecified atom stereocenters. The molecule has 0 aliphatic rings. The molecule has 1 atom stereocenters. The predicted octanol–water partition coefficient (Wildman–Crippen LogP) is 8.15. The fourth-order valence-corrected chi connectivity index (χ4v) is 8.35. The van der Waals surface area contributed by atoms with Crippen LogP contribution in [0.15, 0.2) is 121 Å². The summed E-state index contributed by atoms with van der Waals surface area (Å²) in [5, 5.41) is 3.02. The molecule has 2 heteroatoms. The van der Waals surface area contributed by atoms with Crippen molar-refractivity contribution in [3.63, 3.8) is 0 Å². The summed E-state index contributed by atoms with van der Waals surface area (Å²) < 4.78 is 0. The maximum Gasteiger partial charge on any atom is 0.0262 e. The highest BCUT2D eigenvalue weighted by atomic mass is 31.1. The fourth-order valence-electron chi connectivity index (χ4n) is 4.34. The molecular weight excluding hydrogens is 434 g/mol. The normalized spacial score (nSPS) is 11.6. The summed E-state index contributed by atoms with van der Waals surface area (Å²) in [6.45, 7) is 0. The molecule has 0 saturated heterocycles. The molecule has 0 fully saturated rings. The minimum atomic E-state index is -0.245. The van der Waals surface area contributed by atoms with E-state index in [-0.39, 0.29) is 7.92 Å². The second kappa shape index (κ2) is 13.4. The van der Waals surface area contributed by atoms with Gasteiger partial charge in [-0.05, 0) is 54.8 Å².